The minimum Gasteiger partial charge on any atom is -0.465 e. The number of hydrogen-bond acceptors (Lipinski definition) is 7. The number of amides is 1. The summed E-state index contributed by atoms with van der Waals surface area (Å²) in [5.41, 5.74) is 0.583. The molecule has 11 heteroatoms. The number of hydrogen-bond donors (Lipinski definition) is 1. The van der Waals surface area contributed by atoms with E-state index in [4.69, 9.17) is 0 Å². The topological polar surface area (TPSA) is 127 Å². The zero-order valence-electron chi connectivity index (χ0n) is 15.5. The highest BCUT2D eigenvalue weighted by Gasteiger charge is 2.41. The van der Waals surface area contributed by atoms with E-state index in [1.807, 2.05) is 0 Å². The summed E-state index contributed by atoms with van der Waals surface area (Å²) in [6.45, 7) is 1.52. The van der Waals surface area contributed by atoms with Crippen LogP contribution in [-0.2, 0) is 29.6 Å². The Morgan fingerprint density at radius 2 is 1.69 bits per heavy atom. The zero-order valence-corrected chi connectivity index (χ0v) is 17.2. The van der Waals surface area contributed by atoms with E-state index in [1.54, 1.807) is 0 Å². The summed E-state index contributed by atoms with van der Waals surface area (Å²) in [5, 5.41) is 0. The number of carbonyl (C=O) groups is 2. The Morgan fingerprint density at radius 3 is 2.17 bits per heavy atom. The molecule has 0 aromatic heterocycles. The summed E-state index contributed by atoms with van der Waals surface area (Å²) in [5.74, 6) is -2.03. The fourth-order valence-electron chi connectivity index (χ4n) is 2.85. The van der Waals surface area contributed by atoms with Gasteiger partial charge in [0.25, 0.3) is 10.0 Å². The van der Waals surface area contributed by atoms with Crippen molar-refractivity contribution < 1.29 is 31.2 Å². The number of nitrogens with zero attached hydrogens (tertiary/aromatic N) is 1. The predicted molar refractivity (Wildman–Crippen MR) is 105 cm³/mol. The average molecular weight is 438 g/mol. The van der Waals surface area contributed by atoms with Gasteiger partial charge in [-0.3, -0.25) is 9.52 Å². The molecular weight excluding hydrogens is 420 g/mol. The molecule has 154 valence electrons. The van der Waals surface area contributed by atoms with Gasteiger partial charge in [-0.1, -0.05) is 6.92 Å². The van der Waals surface area contributed by atoms with Crippen LogP contribution in [0.25, 0.3) is 0 Å². The number of carbonyl (C=O) groups excluding carboxylic acids is 2. The second kappa shape index (κ2) is 7.48. The average Bonchev–Trinajstić information content (AvgIpc) is 2.88. The molecule has 0 aliphatic carbocycles. The van der Waals surface area contributed by atoms with Crippen molar-refractivity contribution in [2.24, 2.45) is 5.92 Å². The Labute approximate surface area is 168 Å². The predicted octanol–water partition coefficient (Wildman–Crippen LogP) is 1.59. The molecule has 1 saturated heterocycles. The molecule has 2 aromatic rings. The highest BCUT2D eigenvalue weighted by atomic mass is 32.2. The van der Waals surface area contributed by atoms with Gasteiger partial charge in [-0.25, -0.2) is 25.9 Å². The second-order valence-corrected chi connectivity index (χ2v) is 10.00. The van der Waals surface area contributed by atoms with Crippen LogP contribution >= 0.6 is 0 Å². The standard InChI is InChI=1S/C18H18N2O7S2/c1-12-11-28(23,24)20(17(12)21)15-7-9-16(10-8-15)29(25,26)19-14-5-3-13(4-6-14)18(22)27-2/h3-10,12,19H,11H2,1-2H3. The molecule has 1 atom stereocenters. The van der Waals surface area contributed by atoms with Crippen LogP contribution in [0.2, 0.25) is 0 Å². The normalized spacial score (nSPS) is 18.5. The van der Waals surface area contributed by atoms with Crippen LogP contribution in [-0.4, -0.2) is 41.6 Å². The first-order chi connectivity index (χ1) is 13.5. The maximum atomic E-state index is 12.6. The van der Waals surface area contributed by atoms with Gasteiger partial charge in [0.2, 0.25) is 15.9 Å². The number of benzene rings is 2. The van der Waals surface area contributed by atoms with Crippen molar-refractivity contribution >= 4 is 43.3 Å². The van der Waals surface area contributed by atoms with Gasteiger partial charge in [-0.15, -0.1) is 0 Å². The minimum absolute atomic E-state index is 0.0840. The second-order valence-electron chi connectivity index (χ2n) is 6.45. The first-order valence-corrected chi connectivity index (χ1v) is 11.5. The zero-order chi connectivity index (χ0) is 21.4. The van der Waals surface area contributed by atoms with Crippen LogP contribution in [0.3, 0.4) is 0 Å². The van der Waals surface area contributed by atoms with Gasteiger partial charge in [0.15, 0.2) is 0 Å². The number of esters is 1. The van der Waals surface area contributed by atoms with Crippen molar-refractivity contribution in [2.75, 3.05) is 21.9 Å². The summed E-state index contributed by atoms with van der Waals surface area (Å²) >= 11 is 0. The van der Waals surface area contributed by atoms with Crippen LogP contribution in [0.4, 0.5) is 11.4 Å². The molecule has 0 bridgehead atoms. The van der Waals surface area contributed by atoms with Gasteiger partial charge in [0, 0.05) is 5.69 Å². The lowest BCUT2D eigenvalue weighted by molar-refractivity contribution is -0.119. The molecule has 0 spiro atoms. The first kappa shape index (κ1) is 20.8. The minimum atomic E-state index is -3.96. The summed E-state index contributed by atoms with van der Waals surface area (Å²) in [4.78, 5) is 23.4. The number of rotatable bonds is 5. The lowest BCUT2D eigenvalue weighted by Crippen LogP contribution is -2.30. The molecule has 0 radical (unpaired) electrons. The van der Waals surface area contributed by atoms with Crippen molar-refractivity contribution in [1.29, 1.82) is 0 Å². The number of methoxy groups -OCH3 is 1. The van der Waals surface area contributed by atoms with E-state index in [1.165, 1.54) is 62.6 Å². The maximum absolute atomic E-state index is 12.6. The molecule has 1 fully saturated rings. The van der Waals surface area contributed by atoms with Gasteiger partial charge in [-0.2, -0.15) is 0 Å². The smallest absolute Gasteiger partial charge is 0.337 e. The molecule has 2 aromatic carbocycles. The largest absolute Gasteiger partial charge is 0.465 e. The summed E-state index contributed by atoms with van der Waals surface area (Å²) in [6, 6.07) is 10.6. The third-order valence-electron chi connectivity index (χ3n) is 4.30. The third-order valence-corrected chi connectivity index (χ3v) is 7.57. The van der Waals surface area contributed by atoms with Crippen LogP contribution in [0.1, 0.15) is 17.3 Å². The molecule has 1 amide bonds. The van der Waals surface area contributed by atoms with E-state index in [0.29, 0.717) is 4.31 Å². The molecule has 3 rings (SSSR count). The Hall–Kier alpha value is -2.92. The van der Waals surface area contributed by atoms with Gasteiger partial charge < -0.3 is 4.74 Å². The molecule has 0 saturated carbocycles. The van der Waals surface area contributed by atoms with Gasteiger partial charge in [0.05, 0.1) is 34.9 Å². The van der Waals surface area contributed by atoms with Crippen molar-refractivity contribution in [3.8, 4) is 0 Å². The quantitative estimate of drug-likeness (QED) is 0.702. The van der Waals surface area contributed by atoms with Crippen LogP contribution in [0.15, 0.2) is 53.4 Å². The lowest BCUT2D eigenvalue weighted by Gasteiger charge is -2.16. The van der Waals surface area contributed by atoms with E-state index >= 15 is 0 Å². The van der Waals surface area contributed by atoms with E-state index in [-0.39, 0.29) is 27.6 Å². The SMILES string of the molecule is COC(=O)c1ccc(NS(=O)(=O)c2ccc(N3C(=O)C(C)CS3(=O)=O)cc2)cc1. The third kappa shape index (κ3) is 4.10. The van der Waals surface area contributed by atoms with E-state index in [9.17, 15) is 26.4 Å². The fraction of sp³-hybridized carbons (Fsp3) is 0.222. The maximum Gasteiger partial charge on any atom is 0.337 e. The molecule has 1 N–H and O–H groups in total. The van der Waals surface area contributed by atoms with E-state index < -0.39 is 37.8 Å². The monoisotopic (exact) mass is 438 g/mol. The molecule has 1 heterocycles. The summed E-state index contributed by atoms with van der Waals surface area (Å²) in [6.07, 6.45) is 0. The Kier molecular flexibility index (Phi) is 5.37. The number of anilines is 2. The molecule has 29 heavy (non-hydrogen) atoms. The molecule has 9 nitrogen and oxygen atoms in total. The highest BCUT2D eigenvalue weighted by Crippen LogP contribution is 2.29. The Balaban J connectivity index is 1.82. The van der Waals surface area contributed by atoms with Crippen molar-refractivity contribution in [2.45, 2.75) is 11.8 Å². The van der Waals surface area contributed by atoms with Crippen molar-refractivity contribution in [3.05, 3.63) is 54.1 Å². The van der Waals surface area contributed by atoms with Gasteiger partial charge in [0.1, 0.15) is 0 Å². The summed E-state index contributed by atoms with van der Waals surface area (Å²) < 4.78 is 57.0. The Bertz CT molecular complexity index is 1160. The lowest BCUT2D eigenvalue weighted by atomic mass is 10.2. The van der Waals surface area contributed by atoms with Crippen LogP contribution in [0, 0.1) is 5.92 Å². The molecule has 1 aliphatic rings. The Morgan fingerprint density at radius 1 is 1.10 bits per heavy atom. The number of sulfonamides is 2. The van der Waals surface area contributed by atoms with Crippen molar-refractivity contribution in [3.63, 3.8) is 0 Å². The van der Waals surface area contributed by atoms with Gasteiger partial charge in [-0.05, 0) is 48.5 Å². The molecule has 1 unspecified atom stereocenters. The fourth-order valence-corrected chi connectivity index (χ4v) is 5.73. The van der Waals surface area contributed by atoms with Gasteiger partial charge >= 0.3 is 5.97 Å². The van der Waals surface area contributed by atoms with Crippen molar-refractivity contribution in [1.82, 2.24) is 0 Å². The van der Waals surface area contributed by atoms with Crippen LogP contribution < -0.4 is 9.03 Å². The highest BCUT2D eigenvalue weighted by molar-refractivity contribution is 7.94. The molecule has 1 aliphatic heterocycles. The number of ether oxygens (including phenoxy) is 1. The van der Waals surface area contributed by atoms with E-state index in [2.05, 4.69) is 9.46 Å². The number of nitrogens with one attached hydrogen (secondary N) is 1. The van der Waals surface area contributed by atoms with Crippen LogP contribution in [0.5, 0.6) is 0 Å². The van der Waals surface area contributed by atoms with E-state index in [0.717, 1.165) is 0 Å². The molecular formula is C18H18N2O7S2. The summed E-state index contributed by atoms with van der Waals surface area (Å²) in [7, 11) is -6.49. The first-order valence-electron chi connectivity index (χ1n) is 8.43.